The van der Waals surface area contributed by atoms with Crippen LogP contribution >= 0.6 is 0 Å². The second-order valence-corrected chi connectivity index (χ2v) is 3.89. The summed E-state index contributed by atoms with van der Waals surface area (Å²) in [5.74, 6) is -0.784. The lowest BCUT2D eigenvalue weighted by molar-refractivity contribution is -0.140. The van der Waals surface area contributed by atoms with Gasteiger partial charge in [0.15, 0.2) is 6.04 Å². The van der Waals surface area contributed by atoms with Crippen LogP contribution < -0.4 is 16.0 Å². The first-order valence-corrected chi connectivity index (χ1v) is 5.39. The van der Waals surface area contributed by atoms with Crippen molar-refractivity contribution in [2.24, 2.45) is 7.05 Å². The summed E-state index contributed by atoms with van der Waals surface area (Å²) in [6.07, 6.45) is 3.35. The molecule has 96 valence electrons. The van der Waals surface area contributed by atoms with E-state index in [1.54, 1.807) is 24.0 Å². The van der Waals surface area contributed by atoms with Crippen molar-refractivity contribution in [2.75, 3.05) is 6.54 Å². The fraction of sp³-hybridized carbons (Fsp3) is 0.400. The summed E-state index contributed by atoms with van der Waals surface area (Å²) in [7, 11) is 1.80. The Morgan fingerprint density at radius 2 is 2.39 bits per heavy atom. The van der Waals surface area contributed by atoms with Gasteiger partial charge in [-0.3, -0.25) is 14.4 Å². The number of hydrogen-bond acceptors (Lipinski definition) is 4. The SMILES string of the molecule is Cn1ccnc1CNC(=O)[C@H]1NC(=O)CNC1=O. The number of nitrogens with zero attached hydrogens (tertiary/aromatic N) is 2. The number of aryl methyl sites for hydroxylation is 1. The topological polar surface area (TPSA) is 105 Å². The van der Waals surface area contributed by atoms with Crippen molar-refractivity contribution in [3.05, 3.63) is 18.2 Å². The highest BCUT2D eigenvalue weighted by Gasteiger charge is 2.32. The highest BCUT2D eigenvalue weighted by atomic mass is 16.2. The van der Waals surface area contributed by atoms with E-state index in [9.17, 15) is 14.4 Å². The van der Waals surface area contributed by atoms with Crippen molar-refractivity contribution in [3.8, 4) is 0 Å². The first-order chi connectivity index (χ1) is 8.58. The van der Waals surface area contributed by atoms with E-state index in [0.717, 1.165) is 0 Å². The molecule has 2 rings (SSSR count). The Kier molecular flexibility index (Phi) is 3.26. The lowest BCUT2D eigenvalue weighted by Gasteiger charge is -2.22. The molecule has 1 aliphatic rings. The maximum atomic E-state index is 11.7. The number of carbonyl (C=O) groups is 3. The molecule has 0 bridgehead atoms. The van der Waals surface area contributed by atoms with E-state index in [1.165, 1.54) is 0 Å². The standard InChI is InChI=1S/C10H13N5O3/c1-15-3-2-11-6(15)4-12-9(17)8-10(18)13-5-7(16)14-8/h2-3,8H,4-5H2,1H3,(H,12,17)(H,13,18)(H,14,16)/t8-/m1/s1. The zero-order valence-corrected chi connectivity index (χ0v) is 9.77. The van der Waals surface area contributed by atoms with Crippen LogP contribution in [0.3, 0.4) is 0 Å². The molecule has 0 unspecified atom stereocenters. The lowest BCUT2D eigenvalue weighted by Crippen LogP contribution is -2.61. The smallest absolute Gasteiger partial charge is 0.252 e. The molecule has 8 nitrogen and oxygen atoms in total. The van der Waals surface area contributed by atoms with Gasteiger partial charge in [-0.05, 0) is 0 Å². The van der Waals surface area contributed by atoms with Crippen molar-refractivity contribution in [3.63, 3.8) is 0 Å². The van der Waals surface area contributed by atoms with Gasteiger partial charge in [-0.2, -0.15) is 0 Å². The summed E-state index contributed by atoms with van der Waals surface area (Å²) < 4.78 is 1.75. The third-order valence-corrected chi connectivity index (χ3v) is 2.59. The molecule has 1 saturated heterocycles. The van der Waals surface area contributed by atoms with Crippen LogP contribution in [0, 0.1) is 0 Å². The summed E-state index contributed by atoms with van der Waals surface area (Å²) in [6, 6.07) is -1.17. The van der Waals surface area contributed by atoms with Crippen molar-refractivity contribution >= 4 is 17.7 Å². The van der Waals surface area contributed by atoms with Gasteiger partial charge in [0.25, 0.3) is 11.8 Å². The molecule has 8 heteroatoms. The van der Waals surface area contributed by atoms with Crippen LogP contribution in [0.1, 0.15) is 5.82 Å². The highest BCUT2D eigenvalue weighted by Crippen LogP contribution is 1.95. The summed E-state index contributed by atoms with van der Waals surface area (Å²) in [5, 5.41) is 7.20. The van der Waals surface area contributed by atoms with Crippen molar-refractivity contribution in [1.82, 2.24) is 25.5 Å². The molecule has 2 heterocycles. The third kappa shape index (κ3) is 2.47. The van der Waals surface area contributed by atoms with Crippen LogP contribution in [-0.4, -0.2) is 39.9 Å². The van der Waals surface area contributed by atoms with Crippen molar-refractivity contribution in [1.29, 1.82) is 0 Å². The second-order valence-electron chi connectivity index (χ2n) is 3.89. The zero-order valence-electron chi connectivity index (χ0n) is 9.77. The van der Waals surface area contributed by atoms with Gasteiger partial charge in [-0.15, -0.1) is 0 Å². The first kappa shape index (κ1) is 12.1. The minimum absolute atomic E-state index is 0.0953. The maximum Gasteiger partial charge on any atom is 0.252 e. The number of hydrogen-bond donors (Lipinski definition) is 3. The van der Waals surface area contributed by atoms with Gasteiger partial charge in [0.1, 0.15) is 5.82 Å². The van der Waals surface area contributed by atoms with Gasteiger partial charge >= 0.3 is 0 Å². The Morgan fingerprint density at radius 1 is 1.61 bits per heavy atom. The maximum absolute atomic E-state index is 11.7. The van der Waals surface area contributed by atoms with E-state index in [1.807, 2.05) is 0 Å². The van der Waals surface area contributed by atoms with Crippen LogP contribution in [-0.2, 0) is 28.0 Å². The monoisotopic (exact) mass is 251 g/mol. The largest absolute Gasteiger partial charge is 0.347 e. The minimum Gasteiger partial charge on any atom is -0.347 e. The Hall–Kier alpha value is -2.38. The summed E-state index contributed by atoms with van der Waals surface area (Å²) >= 11 is 0. The van der Waals surface area contributed by atoms with Crippen LogP contribution in [0.2, 0.25) is 0 Å². The zero-order chi connectivity index (χ0) is 13.1. The van der Waals surface area contributed by atoms with Crippen LogP contribution in [0.4, 0.5) is 0 Å². The van der Waals surface area contributed by atoms with Gasteiger partial charge < -0.3 is 20.5 Å². The Balaban J connectivity index is 1.93. The molecular weight excluding hydrogens is 238 g/mol. The number of amides is 3. The van der Waals surface area contributed by atoms with E-state index < -0.39 is 17.9 Å². The van der Waals surface area contributed by atoms with Crippen molar-refractivity contribution < 1.29 is 14.4 Å². The Bertz CT molecular complexity index is 495. The van der Waals surface area contributed by atoms with Crippen LogP contribution in [0.25, 0.3) is 0 Å². The fourth-order valence-electron chi connectivity index (χ4n) is 1.57. The lowest BCUT2D eigenvalue weighted by atomic mass is 10.2. The van der Waals surface area contributed by atoms with E-state index in [2.05, 4.69) is 20.9 Å². The minimum atomic E-state index is -1.17. The number of carbonyl (C=O) groups excluding carboxylic acids is 3. The molecule has 1 aliphatic heterocycles. The number of piperazine rings is 1. The molecule has 1 atom stereocenters. The molecule has 1 aromatic rings. The predicted octanol–water partition coefficient (Wildman–Crippen LogP) is -2.35. The number of aromatic nitrogens is 2. The second kappa shape index (κ2) is 4.86. The summed E-state index contributed by atoms with van der Waals surface area (Å²) in [5.41, 5.74) is 0. The van der Waals surface area contributed by atoms with E-state index in [4.69, 9.17) is 0 Å². The molecule has 3 N–H and O–H groups in total. The van der Waals surface area contributed by atoms with Gasteiger partial charge in [0.05, 0.1) is 13.1 Å². The van der Waals surface area contributed by atoms with Crippen molar-refractivity contribution in [2.45, 2.75) is 12.6 Å². The number of rotatable bonds is 3. The van der Waals surface area contributed by atoms with Gasteiger partial charge in [-0.1, -0.05) is 0 Å². The fourth-order valence-corrected chi connectivity index (χ4v) is 1.57. The molecule has 1 fully saturated rings. The molecule has 0 aromatic carbocycles. The van der Waals surface area contributed by atoms with E-state index >= 15 is 0 Å². The highest BCUT2D eigenvalue weighted by molar-refractivity contribution is 6.09. The molecule has 1 aromatic heterocycles. The molecular formula is C10H13N5O3. The Morgan fingerprint density at radius 3 is 3.06 bits per heavy atom. The molecule has 3 amide bonds. The van der Waals surface area contributed by atoms with Gasteiger partial charge in [-0.25, -0.2) is 4.98 Å². The summed E-state index contributed by atoms with van der Waals surface area (Å²) in [4.78, 5) is 38.3. The molecule has 0 spiro atoms. The number of imidazole rings is 1. The molecule has 0 radical (unpaired) electrons. The Labute approximate surface area is 103 Å². The van der Waals surface area contributed by atoms with Crippen LogP contribution in [0.5, 0.6) is 0 Å². The molecule has 18 heavy (non-hydrogen) atoms. The number of nitrogens with one attached hydrogen (secondary N) is 3. The average molecular weight is 251 g/mol. The van der Waals surface area contributed by atoms with E-state index in [0.29, 0.717) is 5.82 Å². The van der Waals surface area contributed by atoms with Crippen LogP contribution in [0.15, 0.2) is 12.4 Å². The first-order valence-electron chi connectivity index (χ1n) is 5.39. The van der Waals surface area contributed by atoms with Gasteiger partial charge in [0.2, 0.25) is 5.91 Å². The quantitative estimate of drug-likeness (QED) is 0.523. The molecule has 0 saturated carbocycles. The average Bonchev–Trinajstić information content (AvgIpc) is 2.75. The molecule has 0 aliphatic carbocycles. The third-order valence-electron chi connectivity index (χ3n) is 2.59. The summed E-state index contributed by atoms with van der Waals surface area (Å²) in [6.45, 7) is 0.101. The predicted molar refractivity (Wildman–Crippen MR) is 60.0 cm³/mol. The normalized spacial score (nSPS) is 19.1. The van der Waals surface area contributed by atoms with Gasteiger partial charge in [0, 0.05) is 19.4 Å². The van der Waals surface area contributed by atoms with E-state index in [-0.39, 0.29) is 19.0 Å².